The van der Waals surface area contributed by atoms with Crippen LogP contribution in [0.2, 0.25) is 0 Å². The van der Waals surface area contributed by atoms with E-state index in [2.05, 4.69) is 16.7 Å². The molecule has 0 spiro atoms. The molecule has 1 aliphatic rings. The van der Waals surface area contributed by atoms with Gasteiger partial charge in [-0.25, -0.2) is 4.98 Å². The van der Waals surface area contributed by atoms with Gasteiger partial charge in [0.1, 0.15) is 17.3 Å². The van der Waals surface area contributed by atoms with Crippen LogP contribution in [0.5, 0.6) is 0 Å². The second-order valence-electron chi connectivity index (χ2n) is 8.68. The molecule has 1 saturated carbocycles. The summed E-state index contributed by atoms with van der Waals surface area (Å²) >= 11 is 0. The van der Waals surface area contributed by atoms with E-state index in [1.54, 1.807) is 6.07 Å². The van der Waals surface area contributed by atoms with Crippen LogP contribution in [0.4, 0.5) is 11.8 Å². The molecule has 0 atom stereocenters. The Labute approximate surface area is 183 Å². The third kappa shape index (κ3) is 4.81. The fourth-order valence-corrected chi connectivity index (χ4v) is 4.35. The summed E-state index contributed by atoms with van der Waals surface area (Å²) in [5.74, 6) is 3.50. The maximum Gasteiger partial charge on any atom is 0.254 e. The van der Waals surface area contributed by atoms with Crippen LogP contribution in [0, 0.1) is 19.8 Å². The zero-order valence-corrected chi connectivity index (χ0v) is 18.7. The Balaban J connectivity index is 1.32. The van der Waals surface area contributed by atoms with Crippen molar-refractivity contribution in [3.63, 3.8) is 0 Å². The molecule has 164 valence electrons. The summed E-state index contributed by atoms with van der Waals surface area (Å²) in [6, 6.07) is 10.3. The molecule has 7 heteroatoms. The van der Waals surface area contributed by atoms with Gasteiger partial charge >= 0.3 is 0 Å². The van der Waals surface area contributed by atoms with Crippen LogP contribution in [0.25, 0.3) is 10.9 Å². The Hall–Kier alpha value is -3.09. The first-order valence-electron chi connectivity index (χ1n) is 11.0. The average Bonchev–Trinajstić information content (AvgIpc) is 3.10. The van der Waals surface area contributed by atoms with Crippen molar-refractivity contribution in [2.75, 3.05) is 30.9 Å². The largest absolute Gasteiger partial charge is 0.466 e. The van der Waals surface area contributed by atoms with Crippen LogP contribution in [0.3, 0.4) is 0 Å². The highest BCUT2D eigenvalue weighted by atomic mass is 16.3. The number of aryl methyl sites for hydroxylation is 2. The van der Waals surface area contributed by atoms with Gasteiger partial charge in [0.25, 0.3) is 5.91 Å². The monoisotopic (exact) mass is 421 g/mol. The molecule has 2 N–H and O–H groups in total. The van der Waals surface area contributed by atoms with Gasteiger partial charge in [0.15, 0.2) is 0 Å². The number of rotatable bonds is 6. The number of nitrogens with one attached hydrogen (secondary N) is 2. The molecule has 4 rings (SSSR count). The van der Waals surface area contributed by atoms with Crippen LogP contribution in [-0.2, 0) is 0 Å². The molecule has 0 radical (unpaired) electrons. The molecule has 0 unspecified atom stereocenters. The van der Waals surface area contributed by atoms with E-state index in [1.165, 1.54) is 0 Å². The first-order chi connectivity index (χ1) is 14.9. The van der Waals surface area contributed by atoms with E-state index in [1.807, 2.05) is 51.0 Å². The molecule has 2 heterocycles. The number of fused-ring (bicyclic) bond motifs is 1. The van der Waals surface area contributed by atoms with E-state index in [-0.39, 0.29) is 5.91 Å². The minimum Gasteiger partial charge on any atom is -0.466 e. The Kier molecular flexibility index (Phi) is 6.11. The average molecular weight is 422 g/mol. The van der Waals surface area contributed by atoms with Crippen LogP contribution >= 0.6 is 0 Å². The van der Waals surface area contributed by atoms with Crippen LogP contribution in [-0.4, -0.2) is 42.6 Å². The second kappa shape index (κ2) is 8.96. The molecule has 2 aromatic heterocycles. The second-order valence-corrected chi connectivity index (χ2v) is 8.68. The molecular formula is C24H31N5O2. The number of hydrogen-bond donors (Lipinski definition) is 2. The minimum atomic E-state index is -0.0459. The molecule has 1 aliphatic carbocycles. The molecule has 0 bridgehead atoms. The van der Waals surface area contributed by atoms with Gasteiger partial charge in [-0.05, 0) is 63.6 Å². The first-order valence-corrected chi connectivity index (χ1v) is 11.0. The number of aromatic nitrogens is 2. The predicted octanol–water partition coefficient (Wildman–Crippen LogP) is 4.31. The number of benzene rings is 1. The number of hydrogen-bond acceptors (Lipinski definition) is 6. The third-order valence-corrected chi connectivity index (χ3v) is 6.02. The van der Waals surface area contributed by atoms with Crippen molar-refractivity contribution in [3.05, 3.63) is 47.4 Å². The summed E-state index contributed by atoms with van der Waals surface area (Å²) in [5.41, 5.74) is 1.59. The highest BCUT2D eigenvalue weighted by Crippen LogP contribution is 2.28. The fraction of sp³-hybridized carbons (Fsp3) is 0.458. The number of nitrogens with zero attached hydrogens (tertiary/aromatic N) is 3. The quantitative estimate of drug-likeness (QED) is 0.617. The Bertz CT molecular complexity index is 1070. The fourth-order valence-electron chi connectivity index (χ4n) is 4.35. The van der Waals surface area contributed by atoms with Crippen LogP contribution in [0.15, 0.2) is 34.7 Å². The van der Waals surface area contributed by atoms with Crippen molar-refractivity contribution in [3.8, 4) is 0 Å². The smallest absolute Gasteiger partial charge is 0.254 e. The first kappa shape index (κ1) is 21.2. The van der Waals surface area contributed by atoms with Gasteiger partial charge in [-0.3, -0.25) is 4.79 Å². The molecule has 1 fully saturated rings. The number of furan rings is 1. The normalized spacial score (nSPS) is 18.7. The lowest BCUT2D eigenvalue weighted by Crippen LogP contribution is -2.34. The summed E-state index contributed by atoms with van der Waals surface area (Å²) in [7, 11) is 4.01. The number of carbonyl (C=O) groups is 1. The molecule has 7 nitrogen and oxygen atoms in total. The van der Waals surface area contributed by atoms with E-state index in [4.69, 9.17) is 14.4 Å². The van der Waals surface area contributed by atoms with Crippen LogP contribution < -0.4 is 15.5 Å². The van der Waals surface area contributed by atoms with Gasteiger partial charge in [-0.1, -0.05) is 12.1 Å². The lowest BCUT2D eigenvalue weighted by molar-refractivity contribution is 0.0941. The maximum absolute atomic E-state index is 12.4. The van der Waals surface area contributed by atoms with Gasteiger partial charge in [-0.15, -0.1) is 0 Å². The van der Waals surface area contributed by atoms with Crippen molar-refractivity contribution < 1.29 is 9.21 Å². The molecular weight excluding hydrogens is 390 g/mol. The van der Waals surface area contributed by atoms with E-state index >= 15 is 0 Å². The van der Waals surface area contributed by atoms with E-state index in [0.717, 1.165) is 48.2 Å². The maximum atomic E-state index is 12.4. The SMILES string of the molecule is Cc1cc(C(=O)NCC2CCC(Nc3nc(N(C)C)c4ccccc4n3)CC2)c(C)o1. The molecule has 0 saturated heterocycles. The van der Waals surface area contributed by atoms with Gasteiger partial charge in [0, 0.05) is 32.1 Å². The van der Waals surface area contributed by atoms with E-state index in [0.29, 0.717) is 35.8 Å². The topological polar surface area (TPSA) is 83.3 Å². The molecule has 1 aromatic carbocycles. The Morgan fingerprint density at radius 1 is 1.13 bits per heavy atom. The lowest BCUT2D eigenvalue weighted by atomic mass is 9.86. The van der Waals surface area contributed by atoms with E-state index in [9.17, 15) is 4.79 Å². The molecule has 3 aromatic rings. The predicted molar refractivity (Wildman–Crippen MR) is 124 cm³/mol. The van der Waals surface area contributed by atoms with Crippen molar-refractivity contribution in [2.24, 2.45) is 5.92 Å². The number of amides is 1. The van der Waals surface area contributed by atoms with Crippen molar-refractivity contribution in [1.29, 1.82) is 0 Å². The molecule has 31 heavy (non-hydrogen) atoms. The van der Waals surface area contributed by atoms with Gasteiger partial charge in [0.05, 0.1) is 11.1 Å². The molecule has 0 aliphatic heterocycles. The Morgan fingerprint density at radius 3 is 2.55 bits per heavy atom. The summed E-state index contributed by atoms with van der Waals surface area (Å²) in [6.07, 6.45) is 4.21. The number of carbonyl (C=O) groups excluding carboxylic acids is 1. The summed E-state index contributed by atoms with van der Waals surface area (Å²) < 4.78 is 5.46. The van der Waals surface area contributed by atoms with Crippen molar-refractivity contribution in [2.45, 2.75) is 45.6 Å². The van der Waals surface area contributed by atoms with Crippen molar-refractivity contribution >= 4 is 28.6 Å². The number of para-hydroxylation sites is 1. The van der Waals surface area contributed by atoms with Crippen LogP contribution in [0.1, 0.15) is 47.6 Å². The number of anilines is 2. The zero-order chi connectivity index (χ0) is 22.0. The summed E-state index contributed by atoms with van der Waals surface area (Å²) in [5, 5.41) is 7.68. The van der Waals surface area contributed by atoms with Gasteiger partial charge in [0.2, 0.25) is 5.95 Å². The highest BCUT2D eigenvalue weighted by molar-refractivity contribution is 5.95. The summed E-state index contributed by atoms with van der Waals surface area (Å²) in [4.78, 5) is 23.9. The van der Waals surface area contributed by atoms with Gasteiger partial charge in [-0.2, -0.15) is 4.98 Å². The highest BCUT2D eigenvalue weighted by Gasteiger charge is 2.23. The lowest BCUT2D eigenvalue weighted by Gasteiger charge is -2.29. The molecule has 1 amide bonds. The standard InChI is InChI=1S/C24H31N5O2/c1-15-13-20(16(2)31-15)23(30)25-14-17-9-11-18(12-10-17)26-24-27-21-8-6-5-7-19(21)22(28-24)29(3)4/h5-8,13,17-18H,9-12,14H2,1-4H3,(H,25,30)(H,26,27,28). The van der Waals surface area contributed by atoms with E-state index < -0.39 is 0 Å². The zero-order valence-electron chi connectivity index (χ0n) is 18.7. The van der Waals surface area contributed by atoms with Gasteiger partial charge < -0.3 is 20.0 Å². The van der Waals surface area contributed by atoms with Crippen molar-refractivity contribution in [1.82, 2.24) is 15.3 Å². The summed E-state index contributed by atoms with van der Waals surface area (Å²) in [6.45, 7) is 4.39. The minimum absolute atomic E-state index is 0.0459. The third-order valence-electron chi connectivity index (χ3n) is 6.02. The Morgan fingerprint density at radius 2 is 1.87 bits per heavy atom.